The van der Waals surface area contributed by atoms with Crippen molar-refractivity contribution in [2.75, 3.05) is 13.1 Å². The molecule has 1 saturated carbocycles. The maximum Gasteiger partial charge on any atom is 0.387 e. The predicted octanol–water partition coefficient (Wildman–Crippen LogP) is 2.42. The Bertz CT molecular complexity index is 550. The largest absolute Gasteiger partial charge is 0.435 e. The minimum absolute atomic E-state index is 0.136. The summed E-state index contributed by atoms with van der Waals surface area (Å²) in [5.41, 5.74) is 7.03. The highest BCUT2D eigenvalue weighted by Crippen LogP contribution is 2.37. The van der Waals surface area contributed by atoms with Crippen LogP contribution in [0.3, 0.4) is 0 Å². The van der Waals surface area contributed by atoms with Crippen LogP contribution in [0.25, 0.3) is 0 Å². The van der Waals surface area contributed by atoms with Gasteiger partial charge in [0.05, 0.1) is 0 Å². The first-order chi connectivity index (χ1) is 11.0. The van der Waals surface area contributed by atoms with Crippen molar-refractivity contribution in [3.8, 4) is 5.75 Å². The van der Waals surface area contributed by atoms with E-state index in [1.54, 1.807) is 12.1 Å². The summed E-state index contributed by atoms with van der Waals surface area (Å²) in [5.74, 6) is 1.32. The topological polar surface area (TPSA) is 55.6 Å². The Morgan fingerprint density at radius 3 is 2.65 bits per heavy atom. The van der Waals surface area contributed by atoms with Crippen LogP contribution in [0.5, 0.6) is 5.75 Å². The highest BCUT2D eigenvalue weighted by Gasteiger charge is 2.42. The van der Waals surface area contributed by atoms with Crippen molar-refractivity contribution in [3.63, 3.8) is 0 Å². The first-order valence-corrected chi connectivity index (χ1v) is 8.10. The Morgan fingerprint density at radius 2 is 2.00 bits per heavy atom. The number of hydrogen-bond acceptors (Lipinski definition) is 3. The number of fused-ring (bicyclic) bond motifs is 1. The van der Waals surface area contributed by atoms with Gasteiger partial charge in [-0.15, -0.1) is 0 Å². The lowest BCUT2D eigenvalue weighted by Crippen LogP contribution is -2.33. The number of amides is 1. The zero-order valence-corrected chi connectivity index (χ0v) is 13.0. The Hall–Kier alpha value is -1.69. The highest BCUT2D eigenvalue weighted by molar-refractivity contribution is 5.76. The second kappa shape index (κ2) is 6.83. The number of carbonyl (C=O) groups is 1. The fraction of sp³-hybridized carbons (Fsp3) is 0.588. The van der Waals surface area contributed by atoms with Crippen LogP contribution in [0, 0.1) is 11.8 Å². The third kappa shape index (κ3) is 3.80. The number of rotatable bonds is 5. The van der Waals surface area contributed by atoms with E-state index in [2.05, 4.69) is 4.74 Å². The Balaban J connectivity index is 1.48. The maximum atomic E-state index is 12.3. The smallest absolute Gasteiger partial charge is 0.387 e. The monoisotopic (exact) mass is 324 g/mol. The summed E-state index contributed by atoms with van der Waals surface area (Å²) in [5, 5.41) is 0. The van der Waals surface area contributed by atoms with Gasteiger partial charge in [-0.3, -0.25) is 4.79 Å². The lowest BCUT2D eigenvalue weighted by atomic mass is 9.98. The minimum atomic E-state index is -2.82. The van der Waals surface area contributed by atoms with Gasteiger partial charge in [0.25, 0.3) is 0 Å². The van der Waals surface area contributed by atoms with E-state index >= 15 is 0 Å². The van der Waals surface area contributed by atoms with E-state index in [0.29, 0.717) is 24.7 Å². The third-order valence-electron chi connectivity index (χ3n) is 5.04. The number of carbonyl (C=O) groups excluding carboxylic acids is 1. The third-order valence-corrected chi connectivity index (χ3v) is 5.04. The molecule has 1 aliphatic heterocycles. The number of halogens is 2. The van der Waals surface area contributed by atoms with Crippen LogP contribution in [0.4, 0.5) is 8.78 Å². The van der Waals surface area contributed by atoms with E-state index in [9.17, 15) is 13.6 Å². The van der Waals surface area contributed by atoms with E-state index in [1.807, 2.05) is 4.90 Å². The van der Waals surface area contributed by atoms with E-state index in [0.717, 1.165) is 31.5 Å². The van der Waals surface area contributed by atoms with Gasteiger partial charge in [0.15, 0.2) is 0 Å². The van der Waals surface area contributed by atoms with Crippen LogP contribution in [0.15, 0.2) is 24.3 Å². The standard InChI is InChI=1S/C17H22F2N2O2/c18-17(19)23-13-5-1-11(2-6-13)3-8-16(22)21-9-12-4-7-15(20)14(12)10-21/h1-2,5-6,12,14-15,17H,3-4,7-10,20H2. The van der Waals surface area contributed by atoms with E-state index in [1.165, 1.54) is 12.1 Å². The number of likely N-dealkylation sites (tertiary alicyclic amines) is 1. The molecule has 1 aromatic rings. The van der Waals surface area contributed by atoms with E-state index < -0.39 is 6.61 Å². The second-order valence-corrected chi connectivity index (χ2v) is 6.49. The molecule has 2 aliphatic rings. The molecule has 3 rings (SSSR count). The number of nitrogens with two attached hydrogens (primary N) is 1. The van der Waals surface area contributed by atoms with Gasteiger partial charge < -0.3 is 15.4 Å². The van der Waals surface area contributed by atoms with Crippen molar-refractivity contribution in [1.82, 2.24) is 4.90 Å². The second-order valence-electron chi connectivity index (χ2n) is 6.49. The molecule has 2 N–H and O–H groups in total. The van der Waals surface area contributed by atoms with Gasteiger partial charge in [-0.25, -0.2) is 0 Å². The first kappa shape index (κ1) is 16.2. The van der Waals surface area contributed by atoms with E-state index in [4.69, 9.17) is 5.73 Å². The molecule has 1 aromatic carbocycles. The molecule has 0 aromatic heterocycles. The number of aryl methyl sites for hydroxylation is 1. The molecular weight excluding hydrogens is 302 g/mol. The summed E-state index contributed by atoms with van der Waals surface area (Å²) in [6.45, 7) is -1.20. The molecule has 1 heterocycles. The molecule has 23 heavy (non-hydrogen) atoms. The zero-order chi connectivity index (χ0) is 16.4. The summed E-state index contributed by atoms with van der Waals surface area (Å²) in [6.07, 6.45) is 3.24. The Kier molecular flexibility index (Phi) is 4.80. The molecule has 1 saturated heterocycles. The van der Waals surface area contributed by atoms with Crippen LogP contribution in [-0.2, 0) is 11.2 Å². The summed E-state index contributed by atoms with van der Waals surface area (Å²) in [4.78, 5) is 14.3. The molecule has 1 amide bonds. The van der Waals surface area contributed by atoms with Gasteiger partial charge in [0.1, 0.15) is 5.75 Å². The fourth-order valence-corrected chi connectivity index (χ4v) is 3.76. The van der Waals surface area contributed by atoms with Gasteiger partial charge >= 0.3 is 6.61 Å². The molecular formula is C17H22F2N2O2. The molecule has 3 unspecified atom stereocenters. The van der Waals surface area contributed by atoms with Gasteiger partial charge in [0, 0.05) is 25.6 Å². The molecule has 0 spiro atoms. The molecule has 3 atom stereocenters. The summed E-state index contributed by atoms with van der Waals surface area (Å²) in [6, 6.07) is 6.69. The Labute approximate surface area is 134 Å². The predicted molar refractivity (Wildman–Crippen MR) is 82.2 cm³/mol. The molecule has 126 valence electrons. The number of hydrogen-bond donors (Lipinski definition) is 1. The summed E-state index contributed by atoms with van der Waals surface area (Å²) < 4.78 is 28.5. The van der Waals surface area contributed by atoms with Gasteiger partial charge in [0.2, 0.25) is 5.91 Å². The van der Waals surface area contributed by atoms with Crippen molar-refractivity contribution in [3.05, 3.63) is 29.8 Å². The highest BCUT2D eigenvalue weighted by atomic mass is 19.3. The molecule has 6 heteroatoms. The average molecular weight is 324 g/mol. The van der Waals surface area contributed by atoms with Gasteiger partial charge in [-0.2, -0.15) is 8.78 Å². The quantitative estimate of drug-likeness (QED) is 0.905. The van der Waals surface area contributed by atoms with Crippen LogP contribution >= 0.6 is 0 Å². The fourth-order valence-electron chi connectivity index (χ4n) is 3.76. The number of ether oxygens (including phenoxy) is 1. The van der Waals surface area contributed by atoms with Gasteiger partial charge in [-0.1, -0.05) is 12.1 Å². The Morgan fingerprint density at radius 1 is 1.26 bits per heavy atom. The van der Waals surface area contributed by atoms with Crippen molar-refractivity contribution < 1.29 is 18.3 Å². The maximum absolute atomic E-state index is 12.3. The van der Waals surface area contributed by atoms with Crippen LogP contribution in [0.2, 0.25) is 0 Å². The van der Waals surface area contributed by atoms with Crippen LogP contribution in [0.1, 0.15) is 24.8 Å². The summed E-state index contributed by atoms with van der Waals surface area (Å²) in [7, 11) is 0. The van der Waals surface area contributed by atoms with E-state index in [-0.39, 0.29) is 17.7 Å². The normalized spacial score (nSPS) is 26.6. The molecule has 0 radical (unpaired) electrons. The van der Waals surface area contributed by atoms with Crippen molar-refractivity contribution >= 4 is 5.91 Å². The number of benzene rings is 1. The molecule has 2 fully saturated rings. The van der Waals surface area contributed by atoms with Crippen molar-refractivity contribution in [1.29, 1.82) is 0 Å². The molecule has 4 nitrogen and oxygen atoms in total. The lowest BCUT2D eigenvalue weighted by molar-refractivity contribution is -0.130. The average Bonchev–Trinajstić information content (AvgIpc) is 3.08. The van der Waals surface area contributed by atoms with Crippen molar-refractivity contribution in [2.24, 2.45) is 17.6 Å². The first-order valence-electron chi connectivity index (χ1n) is 8.10. The zero-order valence-electron chi connectivity index (χ0n) is 13.0. The SMILES string of the molecule is NC1CCC2CN(C(=O)CCc3ccc(OC(F)F)cc3)CC12. The van der Waals surface area contributed by atoms with Gasteiger partial charge in [-0.05, 0) is 48.8 Å². The number of nitrogens with zero attached hydrogens (tertiary/aromatic N) is 1. The molecule has 0 bridgehead atoms. The minimum Gasteiger partial charge on any atom is -0.435 e. The van der Waals surface area contributed by atoms with Crippen LogP contribution < -0.4 is 10.5 Å². The van der Waals surface area contributed by atoms with Crippen molar-refractivity contribution in [2.45, 2.75) is 38.3 Å². The van der Waals surface area contributed by atoms with Crippen LogP contribution in [-0.4, -0.2) is 36.5 Å². The lowest BCUT2D eigenvalue weighted by Gasteiger charge is -2.18. The summed E-state index contributed by atoms with van der Waals surface area (Å²) >= 11 is 0. The molecule has 1 aliphatic carbocycles. The number of alkyl halides is 2.